The Labute approximate surface area is 61.6 Å². The van der Waals surface area contributed by atoms with Crippen LogP contribution in [0.4, 0.5) is 0 Å². The van der Waals surface area contributed by atoms with Crippen molar-refractivity contribution in [1.29, 1.82) is 0 Å². The van der Waals surface area contributed by atoms with Crippen LogP contribution in [0, 0.1) is 0 Å². The Bertz CT molecular complexity index is 77.3. The fourth-order valence-electron chi connectivity index (χ4n) is 0.748. The van der Waals surface area contributed by atoms with Crippen LogP contribution >= 0.6 is 0 Å². The highest BCUT2D eigenvalue weighted by atomic mass is 16.1. The van der Waals surface area contributed by atoms with Crippen molar-refractivity contribution < 1.29 is 9.59 Å². The van der Waals surface area contributed by atoms with Crippen LogP contribution in [-0.4, -0.2) is 12.6 Å². The maximum Gasteiger partial charge on any atom is 0.198 e. The second kappa shape index (κ2) is 8.34. The van der Waals surface area contributed by atoms with E-state index < -0.39 is 0 Å². The molecule has 2 radical (unpaired) electrons. The summed E-state index contributed by atoms with van der Waals surface area (Å²) in [6, 6.07) is 0. The summed E-state index contributed by atoms with van der Waals surface area (Å²) in [7, 11) is 0. The van der Waals surface area contributed by atoms with Gasteiger partial charge in [-0.25, -0.2) is 0 Å². The van der Waals surface area contributed by atoms with E-state index in [9.17, 15) is 9.59 Å². The quantitative estimate of drug-likeness (QED) is 0.503. The van der Waals surface area contributed by atoms with E-state index in [0.717, 1.165) is 25.7 Å². The highest BCUT2D eigenvalue weighted by Crippen LogP contribution is 2.02. The minimum absolute atomic E-state index is 0.533. The van der Waals surface area contributed by atoms with Crippen molar-refractivity contribution in [2.45, 2.75) is 38.5 Å². The van der Waals surface area contributed by atoms with Gasteiger partial charge in [0.25, 0.3) is 0 Å². The SMILES string of the molecule is O=[C]CCCCCC[C]=O. The van der Waals surface area contributed by atoms with Crippen LogP contribution in [-0.2, 0) is 9.59 Å². The maximum absolute atomic E-state index is 9.71. The van der Waals surface area contributed by atoms with Crippen LogP contribution < -0.4 is 0 Å². The third-order valence-corrected chi connectivity index (χ3v) is 1.31. The number of rotatable bonds is 7. The first-order chi connectivity index (χ1) is 4.91. The van der Waals surface area contributed by atoms with Gasteiger partial charge in [-0.2, -0.15) is 0 Å². The molecule has 0 saturated carbocycles. The second-order valence-electron chi connectivity index (χ2n) is 2.20. The minimum Gasteiger partial charge on any atom is -0.291 e. The average Bonchev–Trinajstić information content (AvgIpc) is 1.97. The van der Waals surface area contributed by atoms with Gasteiger partial charge in [-0.3, -0.25) is 9.59 Å². The van der Waals surface area contributed by atoms with Gasteiger partial charge in [0, 0.05) is 12.8 Å². The van der Waals surface area contributed by atoms with Gasteiger partial charge in [-0.15, -0.1) is 0 Å². The predicted molar refractivity (Wildman–Crippen MR) is 39.1 cm³/mol. The minimum atomic E-state index is 0.533. The molecule has 0 atom stereocenters. The van der Waals surface area contributed by atoms with E-state index in [1.165, 1.54) is 0 Å². The molecule has 0 aromatic heterocycles. The Morgan fingerprint density at radius 3 is 1.40 bits per heavy atom. The molecule has 0 fully saturated rings. The number of hydrogen-bond donors (Lipinski definition) is 0. The predicted octanol–water partition coefficient (Wildman–Crippen LogP) is 1.55. The highest BCUT2D eigenvalue weighted by molar-refractivity contribution is 5.50. The lowest BCUT2D eigenvalue weighted by Gasteiger charge is -1.92. The summed E-state index contributed by atoms with van der Waals surface area (Å²) < 4.78 is 0. The van der Waals surface area contributed by atoms with Gasteiger partial charge in [0.2, 0.25) is 0 Å². The molecule has 0 spiro atoms. The third kappa shape index (κ3) is 7.34. The molecule has 0 heterocycles. The molecule has 2 nitrogen and oxygen atoms in total. The Hall–Kier alpha value is -0.660. The molecule has 0 aromatic rings. The standard InChI is InChI=1S/C8H12O2/c9-7-5-3-1-2-4-6-8-10/h1-6H2. The Kier molecular flexibility index (Phi) is 7.79. The molecule has 2 heteroatoms. The summed E-state index contributed by atoms with van der Waals surface area (Å²) in [6.45, 7) is 0. The normalized spacial score (nSPS) is 9.20. The van der Waals surface area contributed by atoms with Crippen LogP contribution in [0.3, 0.4) is 0 Å². The summed E-state index contributed by atoms with van der Waals surface area (Å²) in [5.74, 6) is 0. The summed E-state index contributed by atoms with van der Waals surface area (Å²) in [5.41, 5.74) is 0. The van der Waals surface area contributed by atoms with E-state index in [1.54, 1.807) is 0 Å². The molecule has 0 unspecified atom stereocenters. The fraction of sp³-hybridized carbons (Fsp3) is 0.750. The first-order valence-electron chi connectivity index (χ1n) is 3.62. The van der Waals surface area contributed by atoms with Crippen molar-refractivity contribution in [3.8, 4) is 0 Å². The van der Waals surface area contributed by atoms with Crippen molar-refractivity contribution in [3.63, 3.8) is 0 Å². The Balaban J connectivity index is 2.76. The molecular weight excluding hydrogens is 128 g/mol. The van der Waals surface area contributed by atoms with E-state index >= 15 is 0 Å². The van der Waals surface area contributed by atoms with Crippen LogP contribution in [0.2, 0.25) is 0 Å². The van der Waals surface area contributed by atoms with Crippen molar-refractivity contribution in [2.24, 2.45) is 0 Å². The van der Waals surface area contributed by atoms with Crippen LogP contribution in [0.15, 0.2) is 0 Å². The van der Waals surface area contributed by atoms with Gasteiger partial charge in [-0.1, -0.05) is 12.8 Å². The molecular formula is C8H12O2. The van der Waals surface area contributed by atoms with Crippen molar-refractivity contribution in [3.05, 3.63) is 0 Å². The average molecular weight is 140 g/mol. The topological polar surface area (TPSA) is 34.1 Å². The Morgan fingerprint density at radius 2 is 1.10 bits per heavy atom. The Morgan fingerprint density at radius 1 is 0.700 bits per heavy atom. The van der Waals surface area contributed by atoms with Gasteiger partial charge < -0.3 is 0 Å². The first kappa shape index (κ1) is 9.34. The molecule has 0 saturated heterocycles. The molecule has 0 aliphatic rings. The summed E-state index contributed by atoms with van der Waals surface area (Å²) in [5, 5.41) is 0. The van der Waals surface area contributed by atoms with Crippen LogP contribution in [0.1, 0.15) is 38.5 Å². The summed E-state index contributed by atoms with van der Waals surface area (Å²) >= 11 is 0. The van der Waals surface area contributed by atoms with Gasteiger partial charge in [0.05, 0.1) is 0 Å². The summed E-state index contributed by atoms with van der Waals surface area (Å²) in [4.78, 5) is 19.4. The second-order valence-corrected chi connectivity index (χ2v) is 2.20. The van der Waals surface area contributed by atoms with E-state index in [-0.39, 0.29) is 0 Å². The lowest BCUT2D eigenvalue weighted by molar-refractivity contribution is 0.537. The van der Waals surface area contributed by atoms with E-state index in [1.807, 2.05) is 12.6 Å². The zero-order valence-corrected chi connectivity index (χ0v) is 6.06. The van der Waals surface area contributed by atoms with Crippen LogP contribution in [0.25, 0.3) is 0 Å². The smallest absolute Gasteiger partial charge is 0.198 e. The molecule has 10 heavy (non-hydrogen) atoms. The van der Waals surface area contributed by atoms with E-state index in [4.69, 9.17) is 0 Å². The monoisotopic (exact) mass is 140 g/mol. The van der Waals surface area contributed by atoms with Crippen LogP contribution in [0.5, 0.6) is 0 Å². The maximum atomic E-state index is 9.71. The largest absolute Gasteiger partial charge is 0.291 e. The molecule has 0 bridgehead atoms. The lowest BCUT2D eigenvalue weighted by atomic mass is 10.1. The fourth-order valence-corrected chi connectivity index (χ4v) is 0.748. The molecule has 56 valence electrons. The van der Waals surface area contributed by atoms with Gasteiger partial charge in [0.15, 0.2) is 12.6 Å². The highest BCUT2D eigenvalue weighted by Gasteiger charge is 1.88. The van der Waals surface area contributed by atoms with Crippen molar-refractivity contribution >= 4 is 12.6 Å². The first-order valence-corrected chi connectivity index (χ1v) is 3.62. The summed E-state index contributed by atoms with van der Waals surface area (Å²) in [6.07, 6.45) is 8.59. The number of carbonyl (C=O) groups excluding carboxylic acids is 2. The zero-order valence-electron chi connectivity index (χ0n) is 6.06. The van der Waals surface area contributed by atoms with Gasteiger partial charge >= 0.3 is 0 Å². The van der Waals surface area contributed by atoms with Crippen molar-refractivity contribution in [2.75, 3.05) is 0 Å². The van der Waals surface area contributed by atoms with Gasteiger partial charge in [-0.05, 0) is 12.8 Å². The zero-order chi connectivity index (χ0) is 7.66. The number of unbranched alkanes of at least 4 members (excludes halogenated alkanes) is 5. The molecule has 0 aliphatic heterocycles. The number of hydrogen-bond acceptors (Lipinski definition) is 2. The molecule has 0 rings (SSSR count). The molecule has 0 amide bonds. The van der Waals surface area contributed by atoms with E-state index in [2.05, 4.69) is 0 Å². The van der Waals surface area contributed by atoms with Gasteiger partial charge in [0.1, 0.15) is 0 Å². The van der Waals surface area contributed by atoms with Crippen molar-refractivity contribution in [1.82, 2.24) is 0 Å². The lowest BCUT2D eigenvalue weighted by Crippen LogP contribution is -1.80. The molecule has 0 N–H and O–H groups in total. The molecule has 0 aromatic carbocycles. The molecule has 0 aliphatic carbocycles. The van der Waals surface area contributed by atoms with E-state index in [0.29, 0.717) is 12.8 Å². The third-order valence-electron chi connectivity index (χ3n) is 1.31.